The second kappa shape index (κ2) is 8.35. The fourth-order valence-corrected chi connectivity index (χ4v) is 4.07. The van der Waals surface area contributed by atoms with Crippen molar-refractivity contribution in [2.75, 3.05) is 22.9 Å². The number of amides is 2. The Morgan fingerprint density at radius 3 is 2.38 bits per heavy atom. The molecule has 148 valence electrons. The number of hydrogen-bond donors (Lipinski definition) is 1. The molecule has 2 aliphatic rings. The van der Waals surface area contributed by atoms with Gasteiger partial charge in [0.2, 0.25) is 0 Å². The fourth-order valence-electron chi connectivity index (χ4n) is 3.61. The first kappa shape index (κ1) is 19.6. The van der Waals surface area contributed by atoms with Crippen LogP contribution in [0, 0.1) is 0 Å². The van der Waals surface area contributed by atoms with Gasteiger partial charge in [0.1, 0.15) is 5.57 Å². The molecule has 2 heterocycles. The summed E-state index contributed by atoms with van der Waals surface area (Å²) >= 11 is 11.3. The highest BCUT2D eigenvalue weighted by Crippen LogP contribution is 2.25. The maximum absolute atomic E-state index is 13.0. The molecule has 2 aromatic carbocycles. The number of hydrogen-bond acceptors (Lipinski definition) is 4. The minimum Gasteiger partial charge on any atom is -0.372 e. The smallest absolute Gasteiger partial charge is 0.270 e. The third-order valence-corrected chi connectivity index (χ3v) is 5.61. The quantitative estimate of drug-likeness (QED) is 0.455. The lowest BCUT2D eigenvalue weighted by atomic mass is 10.1. The normalized spacial score (nSPS) is 18.9. The molecule has 0 saturated carbocycles. The van der Waals surface area contributed by atoms with Crippen molar-refractivity contribution in [3.63, 3.8) is 0 Å². The number of nitrogens with zero attached hydrogens (tertiary/aromatic N) is 2. The number of piperidine rings is 1. The van der Waals surface area contributed by atoms with Crippen molar-refractivity contribution in [2.24, 2.45) is 0 Å². The minimum absolute atomic E-state index is 0.0318. The standard InChI is InChI=1S/C22H20ClN3O2S/c23-16-5-4-6-18(14-16)26-21(28)19(20(27)24-22(26)29)13-15-7-9-17(10-8-15)25-11-2-1-3-12-25/h4-10,13-14H,1-3,11-12H2,(H,24,27,29). The third-order valence-electron chi connectivity index (χ3n) is 5.09. The van der Waals surface area contributed by atoms with Crippen LogP contribution < -0.4 is 15.1 Å². The topological polar surface area (TPSA) is 52.7 Å². The lowest BCUT2D eigenvalue weighted by Gasteiger charge is -2.29. The molecule has 2 fully saturated rings. The van der Waals surface area contributed by atoms with Gasteiger partial charge in [-0.3, -0.25) is 19.8 Å². The van der Waals surface area contributed by atoms with Crippen molar-refractivity contribution < 1.29 is 9.59 Å². The van der Waals surface area contributed by atoms with Gasteiger partial charge in [0.15, 0.2) is 5.11 Å². The Balaban J connectivity index is 1.60. The van der Waals surface area contributed by atoms with Gasteiger partial charge in [-0.25, -0.2) is 0 Å². The van der Waals surface area contributed by atoms with E-state index in [1.54, 1.807) is 30.3 Å². The molecular formula is C22H20ClN3O2S. The number of halogens is 1. The molecule has 0 radical (unpaired) electrons. The summed E-state index contributed by atoms with van der Waals surface area (Å²) in [4.78, 5) is 29.1. The summed E-state index contributed by atoms with van der Waals surface area (Å²) in [6, 6.07) is 14.7. The van der Waals surface area contributed by atoms with Crippen LogP contribution in [0.1, 0.15) is 24.8 Å². The lowest BCUT2D eigenvalue weighted by molar-refractivity contribution is -0.122. The zero-order valence-electron chi connectivity index (χ0n) is 15.7. The Hall–Kier alpha value is -2.70. The Morgan fingerprint density at radius 2 is 1.69 bits per heavy atom. The average molecular weight is 426 g/mol. The predicted octanol–water partition coefficient (Wildman–Crippen LogP) is 4.16. The van der Waals surface area contributed by atoms with Gasteiger partial charge in [0.25, 0.3) is 11.8 Å². The number of benzene rings is 2. The van der Waals surface area contributed by atoms with E-state index >= 15 is 0 Å². The van der Waals surface area contributed by atoms with Gasteiger partial charge in [-0.05, 0) is 73.5 Å². The maximum atomic E-state index is 13.0. The fraction of sp³-hybridized carbons (Fsp3) is 0.227. The number of nitrogens with one attached hydrogen (secondary N) is 1. The van der Waals surface area contributed by atoms with Gasteiger partial charge in [-0.1, -0.05) is 29.8 Å². The zero-order chi connectivity index (χ0) is 20.4. The molecule has 0 spiro atoms. The van der Waals surface area contributed by atoms with Crippen LogP contribution in [0.25, 0.3) is 6.08 Å². The summed E-state index contributed by atoms with van der Waals surface area (Å²) in [5, 5.41) is 3.11. The molecule has 2 aromatic rings. The van der Waals surface area contributed by atoms with Crippen LogP contribution in [0.5, 0.6) is 0 Å². The van der Waals surface area contributed by atoms with E-state index in [-0.39, 0.29) is 10.7 Å². The number of thiocarbonyl (C=S) groups is 1. The summed E-state index contributed by atoms with van der Waals surface area (Å²) < 4.78 is 0. The molecule has 0 aromatic heterocycles. The maximum Gasteiger partial charge on any atom is 0.270 e. The highest BCUT2D eigenvalue weighted by molar-refractivity contribution is 7.80. The van der Waals surface area contributed by atoms with E-state index in [4.69, 9.17) is 23.8 Å². The van der Waals surface area contributed by atoms with Crippen molar-refractivity contribution in [2.45, 2.75) is 19.3 Å². The molecular weight excluding hydrogens is 406 g/mol. The van der Waals surface area contributed by atoms with Crippen LogP contribution in [0.2, 0.25) is 5.02 Å². The second-order valence-corrected chi connectivity index (χ2v) is 7.90. The van der Waals surface area contributed by atoms with Crippen molar-refractivity contribution in [1.29, 1.82) is 0 Å². The first-order chi connectivity index (χ1) is 14.0. The molecule has 1 N–H and O–H groups in total. The van der Waals surface area contributed by atoms with Crippen LogP contribution in [0.3, 0.4) is 0 Å². The summed E-state index contributed by atoms with van der Waals surface area (Å²) in [5.74, 6) is -0.973. The average Bonchev–Trinajstić information content (AvgIpc) is 2.72. The van der Waals surface area contributed by atoms with Crippen LogP contribution in [0.15, 0.2) is 54.1 Å². The monoisotopic (exact) mass is 425 g/mol. The van der Waals surface area contributed by atoms with E-state index in [1.807, 2.05) is 24.3 Å². The van der Waals surface area contributed by atoms with E-state index in [1.165, 1.54) is 24.2 Å². The van der Waals surface area contributed by atoms with E-state index in [0.717, 1.165) is 24.3 Å². The van der Waals surface area contributed by atoms with Gasteiger partial charge < -0.3 is 4.90 Å². The summed E-state index contributed by atoms with van der Waals surface area (Å²) in [6.45, 7) is 2.13. The number of rotatable bonds is 3. The van der Waals surface area contributed by atoms with Gasteiger partial charge in [0, 0.05) is 23.8 Å². The molecule has 0 bridgehead atoms. The largest absolute Gasteiger partial charge is 0.372 e. The number of anilines is 2. The molecule has 2 amide bonds. The van der Waals surface area contributed by atoms with Gasteiger partial charge in [0.05, 0.1) is 5.69 Å². The Bertz CT molecular complexity index is 997. The molecule has 0 aliphatic carbocycles. The van der Waals surface area contributed by atoms with Gasteiger partial charge >= 0.3 is 0 Å². The van der Waals surface area contributed by atoms with E-state index in [9.17, 15) is 9.59 Å². The van der Waals surface area contributed by atoms with Gasteiger partial charge in [-0.2, -0.15) is 0 Å². The molecule has 5 nitrogen and oxygen atoms in total. The van der Waals surface area contributed by atoms with Crippen molar-refractivity contribution in [3.05, 3.63) is 64.7 Å². The molecule has 0 atom stereocenters. The molecule has 7 heteroatoms. The van der Waals surface area contributed by atoms with Crippen LogP contribution >= 0.6 is 23.8 Å². The first-order valence-electron chi connectivity index (χ1n) is 9.55. The highest BCUT2D eigenvalue weighted by Gasteiger charge is 2.34. The third kappa shape index (κ3) is 4.18. The predicted molar refractivity (Wildman–Crippen MR) is 120 cm³/mol. The lowest BCUT2D eigenvalue weighted by Crippen LogP contribution is -2.54. The van der Waals surface area contributed by atoms with Gasteiger partial charge in [-0.15, -0.1) is 0 Å². The first-order valence-corrected chi connectivity index (χ1v) is 10.3. The zero-order valence-corrected chi connectivity index (χ0v) is 17.3. The molecule has 4 rings (SSSR count). The number of carbonyl (C=O) groups is 2. The second-order valence-electron chi connectivity index (χ2n) is 7.08. The Morgan fingerprint density at radius 1 is 0.966 bits per heavy atom. The Labute approximate surface area is 179 Å². The summed E-state index contributed by atoms with van der Waals surface area (Å²) in [5.41, 5.74) is 2.49. The molecule has 29 heavy (non-hydrogen) atoms. The SMILES string of the molecule is O=C1NC(=S)N(c2cccc(Cl)c2)C(=O)C1=Cc1ccc(N2CCCCC2)cc1. The van der Waals surface area contributed by atoms with Crippen LogP contribution in [-0.2, 0) is 9.59 Å². The van der Waals surface area contributed by atoms with Crippen molar-refractivity contribution in [1.82, 2.24) is 5.32 Å². The molecule has 0 unspecified atom stereocenters. The Kier molecular flexibility index (Phi) is 5.65. The highest BCUT2D eigenvalue weighted by atomic mass is 35.5. The van der Waals surface area contributed by atoms with E-state index in [0.29, 0.717) is 10.7 Å². The minimum atomic E-state index is -0.501. The van der Waals surface area contributed by atoms with E-state index in [2.05, 4.69) is 10.2 Å². The van der Waals surface area contributed by atoms with E-state index < -0.39 is 11.8 Å². The van der Waals surface area contributed by atoms with Crippen molar-refractivity contribution >= 4 is 58.2 Å². The van der Waals surface area contributed by atoms with Crippen LogP contribution in [-0.4, -0.2) is 30.0 Å². The van der Waals surface area contributed by atoms with Crippen molar-refractivity contribution in [3.8, 4) is 0 Å². The molecule has 2 aliphatic heterocycles. The summed E-state index contributed by atoms with van der Waals surface area (Å²) in [6.07, 6.45) is 5.29. The number of carbonyl (C=O) groups excluding carboxylic acids is 2. The summed E-state index contributed by atoms with van der Waals surface area (Å²) in [7, 11) is 0. The van der Waals surface area contributed by atoms with Crippen LogP contribution in [0.4, 0.5) is 11.4 Å². The molecule has 2 saturated heterocycles.